The fourth-order valence-corrected chi connectivity index (χ4v) is 5.37. The molecule has 1 aromatic rings. The lowest BCUT2D eigenvalue weighted by Gasteiger charge is -2.42. The summed E-state index contributed by atoms with van der Waals surface area (Å²) in [6.45, 7) is 3.23. The summed E-state index contributed by atoms with van der Waals surface area (Å²) in [6.07, 6.45) is 5.93. The third-order valence-electron chi connectivity index (χ3n) is 4.74. The zero-order chi connectivity index (χ0) is 16.7. The summed E-state index contributed by atoms with van der Waals surface area (Å²) in [5, 5.41) is 0. The molecule has 0 spiro atoms. The van der Waals surface area contributed by atoms with Gasteiger partial charge >= 0.3 is 0 Å². The van der Waals surface area contributed by atoms with Crippen molar-refractivity contribution in [1.29, 1.82) is 0 Å². The van der Waals surface area contributed by atoms with Crippen LogP contribution in [0.1, 0.15) is 46.7 Å². The normalized spacial score (nSPS) is 21.4. The van der Waals surface area contributed by atoms with Gasteiger partial charge in [0.25, 0.3) is 5.91 Å². The first-order valence-electron chi connectivity index (χ1n) is 8.11. The molecule has 1 aromatic heterocycles. The summed E-state index contributed by atoms with van der Waals surface area (Å²) < 4.78 is 26.4. The largest absolute Gasteiger partial charge is 0.338 e. The van der Waals surface area contributed by atoms with Crippen LogP contribution >= 0.6 is 11.3 Å². The molecule has 0 atom stereocenters. The van der Waals surface area contributed by atoms with E-state index in [-0.39, 0.29) is 11.4 Å². The molecule has 128 valence electrons. The number of nitrogens with one attached hydrogen (secondary N) is 1. The first kappa shape index (κ1) is 16.9. The second-order valence-corrected chi connectivity index (χ2v) is 10.0. The molecule has 1 saturated carbocycles. The predicted molar refractivity (Wildman–Crippen MR) is 92.2 cm³/mol. The molecule has 0 bridgehead atoms. The smallest absolute Gasteiger partial charge is 0.263 e. The van der Waals surface area contributed by atoms with Crippen molar-refractivity contribution in [2.24, 2.45) is 5.92 Å². The zero-order valence-electron chi connectivity index (χ0n) is 13.7. The Hall–Kier alpha value is -0.920. The topological polar surface area (TPSA) is 66.5 Å². The monoisotopic (exact) mass is 356 g/mol. The Kier molecular flexibility index (Phi) is 4.55. The van der Waals surface area contributed by atoms with Gasteiger partial charge in [-0.25, -0.2) is 13.1 Å². The third-order valence-corrected chi connectivity index (χ3v) is 6.53. The molecule has 1 aliphatic carbocycles. The maximum atomic E-state index is 12.5. The molecular weight excluding hydrogens is 332 g/mol. The van der Waals surface area contributed by atoms with Crippen molar-refractivity contribution in [3.63, 3.8) is 0 Å². The van der Waals surface area contributed by atoms with E-state index in [2.05, 4.69) is 4.72 Å². The molecule has 7 heteroatoms. The van der Waals surface area contributed by atoms with Crippen LogP contribution in [0.3, 0.4) is 0 Å². The van der Waals surface area contributed by atoms with Crippen LogP contribution in [-0.4, -0.2) is 44.1 Å². The number of thiophene rings is 1. The highest BCUT2D eigenvalue weighted by molar-refractivity contribution is 7.88. The lowest BCUT2D eigenvalue weighted by atomic mass is 9.83. The summed E-state index contributed by atoms with van der Waals surface area (Å²) in [5.74, 6) is 0.717. The van der Waals surface area contributed by atoms with Crippen molar-refractivity contribution in [2.75, 3.05) is 19.3 Å². The van der Waals surface area contributed by atoms with Gasteiger partial charge in [-0.05, 0) is 44.2 Å². The fraction of sp³-hybridized carbons (Fsp3) is 0.688. The first-order chi connectivity index (χ1) is 10.8. The SMILES string of the molecule is Cc1ccc(C(=O)N2CCC(CC3CC3)(NS(C)(=O)=O)CC2)s1. The van der Waals surface area contributed by atoms with Gasteiger partial charge in [0.05, 0.1) is 11.1 Å². The molecule has 5 nitrogen and oxygen atoms in total. The van der Waals surface area contributed by atoms with Crippen molar-refractivity contribution in [3.8, 4) is 0 Å². The number of nitrogens with zero attached hydrogens (tertiary/aromatic N) is 1. The zero-order valence-corrected chi connectivity index (χ0v) is 15.3. The van der Waals surface area contributed by atoms with Crippen LogP contribution in [-0.2, 0) is 10.0 Å². The van der Waals surface area contributed by atoms with E-state index in [4.69, 9.17) is 0 Å². The van der Waals surface area contributed by atoms with Crippen molar-refractivity contribution >= 4 is 27.3 Å². The van der Waals surface area contributed by atoms with Gasteiger partial charge in [-0.2, -0.15) is 0 Å². The van der Waals surface area contributed by atoms with E-state index in [1.165, 1.54) is 30.4 Å². The average Bonchev–Trinajstić information content (AvgIpc) is 3.15. The fourth-order valence-electron chi connectivity index (χ4n) is 3.46. The van der Waals surface area contributed by atoms with Crippen LogP contribution in [0.25, 0.3) is 0 Å². The molecule has 2 heterocycles. The van der Waals surface area contributed by atoms with Crippen LogP contribution in [0.5, 0.6) is 0 Å². The Morgan fingerprint density at radius 1 is 1.35 bits per heavy atom. The van der Waals surface area contributed by atoms with E-state index < -0.39 is 10.0 Å². The number of sulfonamides is 1. The van der Waals surface area contributed by atoms with Gasteiger partial charge in [0.2, 0.25) is 10.0 Å². The van der Waals surface area contributed by atoms with Crippen LogP contribution in [0, 0.1) is 12.8 Å². The lowest BCUT2D eigenvalue weighted by Crippen LogP contribution is -2.56. The van der Waals surface area contributed by atoms with E-state index in [9.17, 15) is 13.2 Å². The highest BCUT2D eigenvalue weighted by Gasteiger charge is 2.42. The molecule has 0 radical (unpaired) electrons. The minimum absolute atomic E-state index is 0.0717. The van der Waals surface area contributed by atoms with Gasteiger partial charge < -0.3 is 4.90 Å². The number of likely N-dealkylation sites (tertiary alicyclic amines) is 1. The Labute approximate surface area is 142 Å². The van der Waals surface area contributed by atoms with Crippen LogP contribution in [0.4, 0.5) is 0 Å². The molecule has 0 unspecified atom stereocenters. The number of rotatable bonds is 5. The molecule has 1 saturated heterocycles. The van der Waals surface area contributed by atoms with E-state index in [0.717, 1.165) is 16.2 Å². The van der Waals surface area contributed by atoms with E-state index in [1.54, 1.807) is 0 Å². The Bertz CT molecular complexity index is 684. The lowest BCUT2D eigenvalue weighted by molar-refractivity contribution is 0.0654. The van der Waals surface area contributed by atoms with Crippen LogP contribution < -0.4 is 4.72 Å². The highest BCUT2D eigenvalue weighted by atomic mass is 32.2. The average molecular weight is 357 g/mol. The standard InChI is InChI=1S/C16H24N2O3S2/c1-12-3-6-14(22-12)15(19)18-9-7-16(8-10-18,11-13-4-5-13)17-23(2,20)21/h3,6,13,17H,4-5,7-11H2,1-2H3. The Morgan fingerprint density at radius 2 is 2.00 bits per heavy atom. The molecule has 0 aromatic carbocycles. The number of hydrogen-bond donors (Lipinski definition) is 1. The second-order valence-electron chi connectivity index (χ2n) is 7.00. The maximum absolute atomic E-state index is 12.5. The number of carbonyl (C=O) groups excluding carboxylic acids is 1. The van der Waals surface area contributed by atoms with Gasteiger partial charge in [-0.3, -0.25) is 4.79 Å². The van der Waals surface area contributed by atoms with Crippen molar-refractivity contribution in [3.05, 3.63) is 21.9 Å². The van der Waals surface area contributed by atoms with E-state index >= 15 is 0 Å². The molecule has 2 fully saturated rings. The van der Waals surface area contributed by atoms with Gasteiger partial charge in [0.15, 0.2) is 0 Å². The van der Waals surface area contributed by atoms with Crippen molar-refractivity contribution in [1.82, 2.24) is 9.62 Å². The van der Waals surface area contributed by atoms with Gasteiger partial charge in [-0.15, -0.1) is 11.3 Å². The molecule has 1 aliphatic heterocycles. The summed E-state index contributed by atoms with van der Waals surface area (Å²) >= 11 is 1.52. The molecule has 23 heavy (non-hydrogen) atoms. The number of carbonyl (C=O) groups is 1. The molecular formula is C16H24N2O3S2. The second kappa shape index (κ2) is 6.18. The number of amides is 1. The van der Waals surface area contributed by atoms with E-state index in [0.29, 0.717) is 31.8 Å². The maximum Gasteiger partial charge on any atom is 0.263 e. The molecule has 2 aliphatic rings. The minimum Gasteiger partial charge on any atom is -0.338 e. The molecule has 1 amide bonds. The van der Waals surface area contributed by atoms with Crippen molar-refractivity contribution < 1.29 is 13.2 Å². The van der Waals surface area contributed by atoms with Gasteiger partial charge in [0, 0.05) is 23.5 Å². The summed E-state index contributed by atoms with van der Waals surface area (Å²) in [4.78, 5) is 16.3. The van der Waals surface area contributed by atoms with E-state index in [1.807, 2.05) is 24.0 Å². The predicted octanol–water partition coefficient (Wildman–Crippen LogP) is 2.38. The minimum atomic E-state index is -3.24. The molecule has 1 N–H and O–H groups in total. The third kappa shape index (κ3) is 4.33. The van der Waals surface area contributed by atoms with Crippen molar-refractivity contribution in [2.45, 2.75) is 44.6 Å². The number of piperidine rings is 1. The Balaban J connectivity index is 1.67. The van der Waals surface area contributed by atoms with Gasteiger partial charge in [-0.1, -0.05) is 12.8 Å². The number of hydrogen-bond acceptors (Lipinski definition) is 4. The molecule has 3 rings (SSSR count). The number of aryl methyl sites for hydroxylation is 1. The summed E-state index contributed by atoms with van der Waals surface area (Å²) in [6, 6.07) is 3.84. The summed E-state index contributed by atoms with van der Waals surface area (Å²) in [5.41, 5.74) is -0.364. The van der Waals surface area contributed by atoms with Crippen LogP contribution in [0.2, 0.25) is 0 Å². The van der Waals surface area contributed by atoms with Gasteiger partial charge in [0.1, 0.15) is 0 Å². The summed E-state index contributed by atoms with van der Waals surface area (Å²) in [7, 11) is -3.24. The van der Waals surface area contributed by atoms with Crippen LogP contribution in [0.15, 0.2) is 12.1 Å². The quantitative estimate of drug-likeness (QED) is 0.881. The first-order valence-corrected chi connectivity index (χ1v) is 10.8. The highest BCUT2D eigenvalue weighted by Crippen LogP contribution is 2.41. The Morgan fingerprint density at radius 3 is 2.48 bits per heavy atom.